The van der Waals surface area contributed by atoms with Gasteiger partial charge in [0.05, 0.1) is 22.1 Å². The first kappa shape index (κ1) is 22.5. The molecule has 4 heterocycles. The highest BCUT2D eigenvalue weighted by atomic mass is 15.2. The van der Waals surface area contributed by atoms with Crippen molar-refractivity contribution < 1.29 is 0 Å². The number of para-hydroxylation sites is 1. The SMILES string of the molecule is Cn1ccnc1-n1c2ccccc2c2ccc(-c3ccc4nc(-c5ccccc5)n(-c5ccccn5)c4c3)cc21. The molecule has 0 fully saturated rings. The highest BCUT2D eigenvalue weighted by Crippen LogP contribution is 2.36. The van der Waals surface area contributed by atoms with Crippen molar-refractivity contribution in [2.45, 2.75) is 0 Å². The van der Waals surface area contributed by atoms with Crippen LogP contribution in [-0.2, 0) is 7.05 Å². The molecule has 6 heteroatoms. The Morgan fingerprint density at radius 1 is 0.550 bits per heavy atom. The molecule has 0 amide bonds. The maximum absolute atomic E-state index is 5.04. The van der Waals surface area contributed by atoms with Crippen LogP contribution in [-0.4, -0.2) is 28.7 Å². The Balaban J connectivity index is 1.37. The molecule has 0 spiro atoms. The molecule has 8 rings (SSSR count). The number of hydrogen-bond donors (Lipinski definition) is 0. The van der Waals surface area contributed by atoms with Crippen LogP contribution < -0.4 is 0 Å². The van der Waals surface area contributed by atoms with Crippen molar-refractivity contribution in [1.82, 2.24) is 28.7 Å². The minimum Gasteiger partial charge on any atom is -0.320 e. The van der Waals surface area contributed by atoms with E-state index in [2.05, 4.69) is 96.5 Å². The summed E-state index contributed by atoms with van der Waals surface area (Å²) in [6, 6.07) is 38.0. The number of pyridine rings is 1. The van der Waals surface area contributed by atoms with E-state index in [9.17, 15) is 0 Å². The average Bonchev–Trinajstić information content (AvgIpc) is 3.70. The first-order chi connectivity index (χ1) is 19.8. The van der Waals surface area contributed by atoms with Gasteiger partial charge in [-0.05, 0) is 47.5 Å². The first-order valence-corrected chi connectivity index (χ1v) is 13.3. The molecule has 4 aromatic heterocycles. The van der Waals surface area contributed by atoms with Crippen LogP contribution in [0.3, 0.4) is 0 Å². The lowest BCUT2D eigenvalue weighted by Gasteiger charge is -2.10. The smallest absolute Gasteiger partial charge is 0.214 e. The Kier molecular flexibility index (Phi) is 4.94. The molecule has 0 N–H and O–H groups in total. The molecule has 0 saturated heterocycles. The molecule has 6 nitrogen and oxygen atoms in total. The lowest BCUT2D eigenvalue weighted by molar-refractivity contribution is 0.846. The van der Waals surface area contributed by atoms with E-state index in [-0.39, 0.29) is 0 Å². The van der Waals surface area contributed by atoms with E-state index in [1.54, 1.807) is 0 Å². The van der Waals surface area contributed by atoms with Crippen molar-refractivity contribution >= 4 is 32.8 Å². The normalized spacial score (nSPS) is 11.6. The van der Waals surface area contributed by atoms with Crippen LogP contribution in [0.25, 0.3) is 67.1 Å². The Labute approximate surface area is 230 Å². The molecule has 40 heavy (non-hydrogen) atoms. The van der Waals surface area contributed by atoms with Crippen LogP contribution in [0.1, 0.15) is 0 Å². The van der Waals surface area contributed by atoms with Crippen LogP contribution in [0.2, 0.25) is 0 Å². The summed E-state index contributed by atoms with van der Waals surface area (Å²) in [5.74, 6) is 2.60. The highest BCUT2D eigenvalue weighted by molar-refractivity contribution is 6.10. The van der Waals surface area contributed by atoms with Gasteiger partial charge >= 0.3 is 0 Å². The average molecular weight is 517 g/mol. The third-order valence-corrected chi connectivity index (χ3v) is 7.57. The Hall–Kier alpha value is -5.49. The third-order valence-electron chi connectivity index (χ3n) is 7.57. The second kappa shape index (κ2) is 8.78. The van der Waals surface area contributed by atoms with Gasteiger partial charge in [0.25, 0.3) is 0 Å². The first-order valence-electron chi connectivity index (χ1n) is 13.3. The molecule has 0 radical (unpaired) electrons. The minimum absolute atomic E-state index is 0.839. The molecule has 0 unspecified atom stereocenters. The second-order valence-corrected chi connectivity index (χ2v) is 9.95. The number of nitrogens with zero attached hydrogens (tertiary/aromatic N) is 6. The summed E-state index contributed by atoms with van der Waals surface area (Å²) < 4.78 is 6.46. The molecule has 0 aliphatic heterocycles. The quantitative estimate of drug-likeness (QED) is 0.242. The Bertz CT molecular complexity index is 2170. The maximum Gasteiger partial charge on any atom is 0.214 e. The van der Waals surface area contributed by atoms with E-state index in [0.29, 0.717) is 0 Å². The lowest BCUT2D eigenvalue weighted by atomic mass is 10.0. The van der Waals surface area contributed by atoms with Crippen LogP contribution in [0.15, 0.2) is 128 Å². The van der Waals surface area contributed by atoms with Crippen LogP contribution in [0.4, 0.5) is 0 Å². The van der Waals surface area contributed by atoms with E-state index in [4.69, 9.17) is 4.98 Å². The van der Waals surface area contributed by atoms with E-state index in [0.717, 1.165) is 56.3 Å². The molecular weight excluding hydrogens is 492 g/mol. The Morgan fingerprint density at radius 2 is 1.30 bits per heavy atom. The summed E-state index contributed by atoms with van der Waals surface area (Å²) >= 11 is 0. The highest BCUT2D eigenvalue weighted by Gasteiger charge is 2.18. The number of aryl methyl sites for hydroxylation is 1. The number of hydrogen-bond acceptors (Lipinski definition) is 3. The zero-order valence-electron chi connectivity index (χ0n) is 21.8. The number of aromatic nitrogens is 6. The van der Waals surface area contributed by atoms with E-state index >= 15 is 0 Å². The summed E-state index contributed by atoms with van der Waals surface area (Å²) in [4.78, 5) is 14.4. The molecule has 0 aliphatic carbocycles. The fourth-order valence-electron chi connectivity index (χ4n) is 5.69. The standard InChI is InChI=1S/C34H24N6/c1-38-20-19-36-34(38)39-29-12-6-5-11-26(29)27-16-14-24(21-30(27)39)25-15-17-28-31(22-25)40(32-13-7-8-18-35-32)33(37-28)23-9-3-2-4-10-23/h2-22H,1H3. The van der Waals surface area contributed by atoms with Gasteiger partial charge in [-0.25, -0.2) is 15.0 Å². The van der Waals surface area contributed by atoms with Gasteiger partial charge in [0.1, 0.15) is 11.6 Å². The van der Waals surface area contributed by atoms with Crippen LogP contribution in [0, 0.1) is 0 Å². The van der Waals surface area contributed by atoms with E-state index in [1.165, 1.54) is 10.8 Å². The minimum atomic E-state index is 0.839. The van der Waals surface area contributed by atoms with E-state index in [1.807, 2.05) is 62.0 Å². The zero-order chi connectivity index (χ0) is 26.6. The van der Waals surface area contributed by atoms with Gasteiger partial charge in [0.15, 0.2) is 0 Å². The largest absolute Gasteiger partial charge is 0.320 e. The molecule has 0 bridgehead atoms. The fourth-order valence-corrected chi connectivity index (χ4v) is 5.69. The topological polar surface area (TPSA) is 53.5 Å². The molecule has 0 aliphatic rings. The molecule has 4 aromatic carbocycles. The molecular formula is C34H24N6. The lowest BCUT2D eigenvalue weighted by Crippen LogP contribution is -2.02. The number of rotatable bonds is 4. The maximum atomic E-state index is 5.04. The second-order valence-electron chi connectivity index (χ2n) is 9.95. The van der Waals surface area contributed by atoms with Crippen molar-refractivity contribution in [2.24, 2.45) is 7.05 Å². The summed E-state index contributed by atoms with van der Waals surface area (Å²) in [6.45, 7) is 0. The Morgan fingerprint density at radius 3 is 2.10 bits per heavy atom. The third kappa shape index (κ3) is 3.39. The van der Waals surface area contributed by atoms with Crippen LogP contribution in [0.5, 0.6) is 0 Å². The van der Waals surface area contributed by atoms with Gasteiger partial charge < -0.3 is 4.57 Å². The zero-order valence-corrected chi connectivity index (χ0v) is 21.8. The number of imidazole rings is 2. The van der Waals surface area contributed by atoms with Gasteiger partial charge in [-0.2, -0.15) is 0 Å². The van der Waals surface area contributed by atoms with Crippen molar-refractivity contribution in [3.05, 3.63) is 128 Å². The molecule has 8 aromatic rings. The summed E-state index contributed by atoms with van der Waals surface area (Å²) in [6.07, 6.45) is 5.65. The van der Waals surface area contributed by atoms with Gasteiger partial charge in [0, 0.05) is 42.0 Å². The fraction of sp³-hybridized carbons (Fsp3) is 0.0294. The molecule has 0 saturated carbocycles. The summed E-state index contributed by atoms with van der Waals surface area (Å²) in [7, 11) is 2.03. The van der Waals surface area contributed by atoms with Gasteiger partial charge in [-0.15, -0.1) is 0 Å². The van der Waals surface area contributed by atoms with Crippen molar-refractivity contribution in [3.8, 4) is 34.3 Å². The van der Waals surface area contributed by atoms with Crippen molar-refractivity contribution in [1.29, 1.82) is 0 Å². The molecule has 190 valence electrons. The predicted octanol–water partition coefficient (Wildman–Crippen LogP) is 7.59. The van der Waals surface area contributed by atoms with Crippen molar-refractivity contribution in [3.63, 3.8) is 0 Å². The van der Waals surface area contributed by atoms with Gasteiger partial charge in [0.2, 0.25) is 5.95 Å². The van der Waals surface area contributed by atoms with Crippen molar-refractivity contribution in [2.75, 3.05) is 0 Å². The summed E-state index contributed by atoms with van der Waals surface area (Å²) in [5, 5.41) is 2.41. The number of benzene rings is 4. The number of fused-ring (bicyclic) bond motifs is 4. The predicted molar refractivity (Wildman–Crippen MR) is 161 cm³/mol. The van der Waals surface area contributed by atoms with Gasteiger partial charge in [-0.1, -0.05) is 72.8 Å². The monoisotopic (exact) mass is 516 g/mol. The van der Waals surface area contributed by atoms with Crippen LogP contribution >= 0.6 is 0 Å². The van der Waals surface area contributed by atoms with Gasteiger partial charge in [-0.3, -0.25) is 9.13 Å². The van der Waals surface area contributed by atoms with E-state index < -0.39 is 0 Å². The summed E-state index contributed by atoms with van der Waals surface area (Å²) in [5.41, 5.74) is 7.49. The molecule has 0 atom stereocenters.